The molecule has 0 aromatic carbocycles. The van der Waals surface area contributed by atoms with Gasteiger partial charge in [0.25, 0.3) is 0 Å². The lowest BCUT2D eigenvalue weighted by atomic mass is 9.98. The van der Waals surface area contributed by atoms with E-state index in [1.165, 1.54) is 38.5 Å². The van der Waals surface area contributed by atoms with Gasteiger partial charge in [0.15, 0.2) is 5.96 Å². The van der Waals surface area contributed by atoms with E-state index in [0.29, 0.717) is 6.04 Å². The zero-order chi connectivity index (χ0) is 11.0. The molecule has 0 amide bonds. The predicted octanol–water partition coefficient (Wildman–Crippen LogP) is 2.37. The Labute approximate surface area is 121 Å². The standard InChI is InChI=1S/C13H23N3.HI/c1-14-13(16-11-6-7-11)15-8-12(9-2-3-9)10-4-5-10;/h9-12H,2-8H2,1H3,(H2,14,15,16);1H. The predicted molar refractivity (Wildman–Crippen MR) is 81.9 cm³/mol. The monoisotopic (exact) mass is 349 g/mol. The molecule has 0 unspecified atom stereocenters. The van der Waals surface area contributed by atoms with Gasteiger partial charge < -0.3 is 10.6 Å². The second-order valence-electron chi connectivity index (χ2n) is 5.71. The molecule has 0 aromatic heterocycles. The molecule has 17 heavy (non-hydrogen) atoms. The molecule has 0 aromatic rings. The number of nitrogens with zero attached hydrogens (tertiary/aromatic N) is 1. The number of halogens is 1. The van der Waals surface area contributed by atoms with E-state index in [-0.39, 0.29) is 24.0 Å². The summed E-state index contributed by atoms with van der Waals surface area (Å²) in [5.74, 6) is 4.00. The molecule has 98 valence electrons. The van der Waals surface area contributed by atoms with Gasteiger partial charge in [-0.25, -0.2) is 0 Å². The minimum absolute atomic E-state index is 0. The number of hydrogen-bond acceptors (Lipinski definition) is 1. The van der Waals surface area contributed by atoms with Crippen molar-refractivity contribution in [1.29, 1.82) is 0 Å². The summed E-state index contributed by atoms with van der Waals surface area (Å²) < 4.78 is 0. The van der Waals surface area contributed by atoms with Gasteiger partial charge in [-0.3, -0.25) is 4.99 Å². The lowest BCUT2D eigenvalue weighted by Crippen LogP contribution is -2.41. The van der Waals surface area contributed by atoms with Gasteiger partial charge in [0.1, 0.15) is 0 Å². The smallest absolute Gasteiger partial charge is 0.191 e. The summed E-state index contributed by atoms with van der Waals surface area (Å²) in [7, 11) is 1.88. The van der Waals surface area contributed by atoms with Gasteiger partial charge >= 0.3 is 0 Å². The van der Waals surface area contributed by atoms with E-state index < -0.39 is 0 Å². The van der Waals surface area contributed by atoms with E-state index in [2.05, 4.69) is 15.6 Å². The quantitative estimate of drug-likeness (QED) is 0.454. The number of hydrogen-bond donors (Lipinski definition) is 2. The largest absolute Gasteiger partial charge is 0.356 e. The fourth-order valence-corrected chi connectivity index (χ4v) is 2.60. The van der Waals surface area contributed by atoms with E-state index >= 15 is 0 Å². The Hall–Kier alpha value is 0. The summed E-state index contributed by atoms with van der Waals surface area (Å²) >= 11 is 0. The van der Waals surface area contributed by atoms with Crippen LogP contribution in [0.4, 0.5) is 0 Å². The lowest BCUT2D eigenvalue weighted by molar-refractivity contribution is 0.400. The average molecular weight is 349 g/mol. The van der Waals surface area contributed by atoms with Crippen LogP contribution in [0.15, 0.2) is 4.99 Å². The van der Waals surface area contributed by atoms with Crippen molar-refractivity contribution in [2.45, 2.75) is 44.6 Å². The van der Waals surface area contributed by atoms with Gasteiger partial charge in [-0.15, -0.1) is 24.0 Å². The van der Waals surface area contributed by atoms with E-state index in [1.54, 1.807) is 0 Å². The van der Waals surface area contributed by atoms with Crippen LogP contribution in [0.25, 0.3) is 0 Å². The minimum atomic E-state index is 0. The first-order valence-corrected chi connectivity index (χ1v) is 6.84. The average Bonchev–Trinajstić information content (AvgIpc) is 3.16. The highest BCUT2D eigenvalue weighted by Crippen LogP contribution is 2.48. The van der Waals surface area contributed by atoms with Crippen LogP contribution in [0.2, 0.25) is 0 Å². The molecule has 3 saturated carbocycles. The van der Waals surface area contributed by atoms with Crippen molar-refractivity contribution in [3.05, 3.63) is 0 Å². The Morgan fingerprint density at radius 2 is 1.71 bits per heavy atom. The Balaban J connectivity index is 0.00000108. The molecule has 3 rings (SSSR count). The van der Waals surface area contributed by atoms with Gasteiger partial charge in [-0.05, 0) is 56.3 Å². The van der Waals surface area contributed by atoms with Crippen molar-refractivity contribution in [3.8, 4) is 0 Å². The van der Waals surface area contributed by atoms with Crippen molar-refractivity contribution in [2.75, 3.05) is 13.6 Å². The highest BCUT2D eigenvalue weighted by Gasteiger charge is 2.41. The van der Waals surface area contributed by atoms with Gasteiger partial charge in [0, 0.05) is 19.6 Å². The van der Waals surface area contributed by atoms with E-state index in [1.807, 2.05) is 7.05 Å². The maximum atomic E-state index is 4.29. The summed E-state index contributed by atoms with van der Waals surface area (Å²) in [6.45, 7) is 1.14. The summed E-state index contributed by atoms with van der Waals surface area (Å²) in [6, 6.07) is 0.700. The van der Waals surface area contributed by atoms with Crippen LogP contribution < -0.4 is 10.6 Å². The van der Waals surface area contributed by atoms with Crippen LogP contribution in [-0.2, 0) is 0 Å². The molecular formula is C13H24IN3. The van der Waals surface area contributed by atoms with E-state index in [9.17, 15) is 0 Å². The molecule has 0 aliphatic heterocycles. The van der Waals surface area contributed by atoms with Gasteiger partial charge in [0.05, 0.1) is 0 Å². The first kappa shape index (κ1) is 13.4. The van der Waals surface area contributed by atoms with Gasteiger partial charge in [-0.1, -0.05) is 0 Å². The minimum Gasteiger partial charge on any atom is -0.356 e. The normalized spacial score (nSPS) is 24.5. The zero-order valence-corrected chi connectivity index (χ0v) is 12.9. The molecule has 0 heterocycles. The fourth-order valence-electron chi connectivity index (χ4n) is 2.60. The molecule has 3 fully saturated rings. The van der Waals surface area contributed by atoms with Crippen LogP contribution >= 0.6 is 24.0 Å². The van der Waals surface area contributed by atoms with Crippen molar-refractivity contribution in [3.63, 3.8) is 0 Å². The van der Waals surface area contributed by atoms with Gasteiger partial charge in [-0.2, -0.15) is 0 Å². The molecule has 0 bridgehead atoms. The zero-order valence-electron chi connectivity index (χ0n) is 10.6. The lowest BCUT2D eigenvalue weighted by Gasteiger charge is -2.18. The summed E-state index contributed by atoms with van der Waals surface area (Å²) in [4.78, 5) is 4.29. The molecule has 0 saturated heterocycles. The molecule has 3 aliphatic rings. The topological polar surface area (TPSA) is 36.4 Å². The molecule has 0 radical (unpaired) electrons. The van der Waals surface area contributed by atoms with Crippen molar-refractivity contribution in [2.24, 2.45) is 22.7 Å². The Bertz CT molecular complexity index is 268. The number of rotatable bonds is 5. The third-order valence-electron chi connectivity index (χ3n) is 4.10. The number of guanidine groups is 1. The van der Waals surface area contributed by atoms with Crippen molar-refractivity contribution in [1.82, 2.24) is 10.6 Å². The second-order valence-corrected chi connectivity index (χ2v) is 5.71. The summed E-state index contributed by atoms with van der Waals surface area (Å²) in [6.07, 6.45) is 8.51. The van der Waals surface area contributed by atoms with E-state index in [0.717, 1.165) is 30.3 Å². The third kappa shape index (κ3) is 4.00. The summed E-state index contributed by atoms with van der Waals surface area (Å²) in [5.41, 5.74) is 0. The SMILES string of the molecule is CN=C(NCC(C1CC1)C1CC1)NC1CC1.I. The first-order valence-electron chi connectivity index (χ1n) is 6.84. The molecule has 3 nitrogen and oxygen atoms in total. The van der Waals surface area contributed by atoms with Crippen LogP contribution in [0, 0.1) is 17.8 Å². The van der Waals surface area contributed by atoms with E-state index in [4.69, 9.17) is 0 Å². The Morgan fingerprint density at radius 3 is 2.12 bits per heavy atom. The number of nitrogens with one attached hydrogen (secondary N) is 2. The molecule has 2 N–H and O–H groups in total. The Morgan fingerprint density at radius 1 is 1.12 bits per heavy atom. The Kier molecular flexibility index (Phi) is 4.55. The maximum absolute atomic E-state index is 4.29. The maximum Gasteiger partial charge on any atom is 0.191 e. The number of aliphatic imine (C=N–C) groups is 1. The highest BCUT2D eigenvalue weighted by atomic mass is 127. The van der Waals surface area contributed by atoms with Gasteiger partial charge in [0.2, 0.25) is 0 Å². The van der Waals surface area contributed by atoms with Crippen molar-refractivity contribution < 1.29 is 0 Å². The van der Waals surface area contributed by atoms with Crippen LogP contribution in [-0.4, -0.2) is 25.6 Å². The highest BCUT2D eigenvalue weighted by molar-refractivity contribution is 14.0. The van der Waals surface area contributed by atoms with Crippen LogP contribution in [0.1, 0.15) is 38.5 Å². The van der Waals surface area contributed by atoms with Crippen LogP contribution in [0.3, 0.4) is 0 Å². The fraction of sp³-hybridized carbons (Fsp3) is 0.923. The molecule has 4 heteroatoms. The molecular weight excluding hydrogens is 325 g/mol. The van der Waals surface area contributed by atoms with Crippen molar-refractivity contribution >= 4 is 29.9 Å². The first-order chi connectivity index (χ1) is 7.86. The summed E-state index contributed by atoms with van der Waals surface area (Å²) in [5, 5.41) is 6.98. The third-order valence-corrected chi connectivity index (χ3v) is 4.10. The second kappa shape index (κ2) is 5.76. The molecule has 0 spiro atoms. The molecule has 0 atom stereocenters. The molecule has 3 aliphatic carbocycles. The van der Waals surface area contributed by atoms with Crippen LogP contribution in [0.5, 0.6) is 0 Å².